The second-order valence-corrected chi connectivity index (χ2v) is 5.55. The Morgan fingerprint density at radius 3 is 3.10 bits per heavy atom. The lowest BCUT2D eigenvalue weighted by atomic mass is 10.1. The molecule has 3 rings (SSSR count). The van der Waals surface area contributed by atoms with E-state index in [0.717, 1.165) is 37.8 Å². The number of nitrogens with zero attached hydrogens (tertiary/aromatic N) is 3. The number of rotatable bonds is 3. The predicted molar refractivity (Wildman–Crippen MR) is 80.0 cm³/mol. The first kappa shape index (κ1) is 13.1. The molecule has 1 saturated heterocycles. The van der Waals surface area contributed by atoms with Crippen LogP contribution in [0.4, 0.5) is 5.95 Å². The van der Waals surface area contributed by atoms with E-state index in [2.05, 4.69) is 63.5 Å². The van der Waals surface area contributed by atoms with Gasteiger partial charge in [-0.1, -0.05) is 29.8 Å². The quantitative estimate of drug-likeness (QED) is 0.888. The van der Waals surface area contributed by atoms with Crippen LogP contribution in [0.5, 0.6) is 0 Å². The van der Waals surface area contributed by atoms with E-state index in [-0.39, 0.29) is 0 Å². The number of hydrogen-bond donors (Lipinski definition) is 2. The van der Waals surface area contributed by atoms with Crippen LogP contribution in [0, 0.1) is 6.92 Å². The van der Waals surface area contributed by atoms with Crippen molar-refractivity contribution in [1.82, 2.24) is 20.5 Å². The van der Waals surface area contributed by atoms with Crippen molar-refractivity contribution in [2.24, 2.45) is 0 Å². The standard InChI is InChI=1S/C15H21N5/c1-11-4-3-5-13(8-11)9-14-17-15(19-18-14)20-7-6-16-12(2)10-20/h3-5,8,12,16H,6-7,9-10H2,1-2H3,(H,17,18,19)/t12-/m1/s1. The number of piperazine rings is 1. The third kappa shape index (κ3) is 2.99. The van der Waals surface area contributed by atoms with E-state index in [1.807, 2.05) is 0 Å². The molecule has 1 aliphatic heterocycles. The van der Waals surface area contributed by atoms with Gasteiger partial charge in [0.15, 0.2) is 0 Å². The molecule has 1 aromatic carbocycles. The van der Waals surface area contributed by atoms with E-state index in [1.165, 1.54) is 11.1 Å². The van der Waals surface area contributed by atoms with E-state index in [9.17, 15) is 0 Å². The zero-order chi connectivity index (χ0) is 13.9. The third-order valence-electron chi connectivity index (χ3n) is 3.63. The normalized spacial score (nSPS) is 19.3. The molecule has 106 valence electrons. The Kier molecular flexibility index (Phi) is 3.69. The number of anilines is 1. The van der Waals surface area contributed by atoms with E-state index in [4.69, 9.17) is 0 Å². The molecule has 1 aliphatic rings. The minimum atomic E-state index is 0.488. The molecule has 5 heteroatoms. The van der Waals surface area contributed by atoms with Gasteiger partial charge in [-0.2, -0.15) is 4.98 Å². The minimum Gasteiger partial charge on any atom is -0.337 e. The monoisotopic (exact) mass is 271 g/mol. The second kappa shape index (κ2) is 5.63. The number of aryl methyl sites for hydroxylation is 1. The molecule has 2 heterocycles. The molecule has 0 unspecified atom stereocenters. The van der Waals surface area contributed by atoms with Gasteiger partial charge in [0.1, 0.15) is 5.82 Å². The first-order valence-electron chi connectivity index (χ1n) is 7.16. The fourth-order valence-electron chi connectivity index (χ4n) is 2.64. The summed E-state index contributed by atoms with van der Waals surface area (Å²) in [6.07, 6.45) is 0.802. The Hall–Kier alpha value is -1.88. The molecule has 1 aromatic heterocycles. The summed E-state index contributed by atoms with van der Waals surface area (Å²) in [5.41, 5.74) is 2.54. The van der Waals surface area contributed by atoms with Crippen molar-refractivity contribution in [1.29, 1.82) is 0 Å². The van der Waals surface area contributed by atoms with E-state index in [1.54, 1.807) is 0 Å². The summed E-state index contributed by atoms with van der Waals surface area (Å²) >= 11 is 0. The molecule has 2 aromatic rings. The largest absolute Gasteiger partial charge is 0.337 e. The number of hydrogen-bond acceptors (Lipinski definition) is 4. The van der Waals surface area contributed by atoms with Gasteiger partial charge in [-0.15, -0.1) is 5.10 Å². The lowest BCUT2D eigenvalue weighted by Gasteiger charge is -2.30. The summed E-state index contributed by atoms with van der Waals surface area (Å²) in [6.45, 7) is 7.21. The van der Waals surface area contributed by atoms with Crippen LogP contribution in [0.1, 0.15) is 23.9 Å². The van der Waals surface area contributed by atoms with Gasteiger partial charge < -0.3 is 10.2 Å². The van der Waals surface area contributed by atoms with Gasteiger partial charge in [0, 0.05) is 32.1 Å². The maximum atomic E-state index is 4.62. The minimum absolute atomic E-state index is 0.488. The summed E-state index contributed by atoms with van der Waals surface area (Å²) < 4.78 is 0. The van der Waals surface area contributed by atoms with E-state index < -0.39 is 0 Å². The van der Waals surface area contributed by atoms with Crippen LogP contribution in [-0.4, -0.2) is 40.9 Å². The highest BCUT2D eigenvalue weighted by Crippen LogP contribution is 2.13. The Morgan fingerprint density at radius 1 is 1.40 bits per heavy atom. The first-order chi connectivity index (χ1) is 9.70. The Morgan fingerprint density at radius 2 is 2.30 bits per heavy atom. The summed E-state index contributed by atoms with van der Waals surface area (Å²) in [6, 6.07) is 9.00. The molecule has 0 aliphatic carbocycles. The highest BCUT2D eigenvalue weighted by Gasteiger charge is 2.19. The summed E-state index contributed by atoms with van der Waals surface area (Å²) in [4.78, 5) is 6.86. The number of nitrogens with one attached hydrogen (secondary N) is 2. The number of aromatic nitrogens is 3. The molecule has 0 bridgehead atoms. The van der Waals surface area contributed by atoms with Crippen LogP contribution in [0.3, 0.4) is 0 Å². The van der Waals surface area contributed by atoms with Gasteiger partial charge in [-0.3, -0.25) is 5.10 Å². The Bertz CT molecular complexity index is 577. The van der Waals surface area contributed by atoms with Crippen molar-refractivity contribution in [2.45, 2.75) is 26.3 Å². The van der Waals surface area contributed by atoms with Crippen molar-refractivity contribution in [3.8, 4) is 0 Å². The molecule has 0 saturated carbocycles. The van der Waals surface area contributed by atoms with Crippen LogP contribution in [0.2, 0.25) is 0 Å². The van der Waals surface area contributed by atoms with Crippen molar-refractivity contribution in [3.05, 3.63) is 41.2 Å². The molecule has 1 fully saturated rings. The average molecular weight is 271 g/mol. The van der Waals surface area contributed by atoms with Crippen molar-refractivity contribution in [3.63, 3.8) is 0 Å². The molecule has 0 spiro atoms. The van der Waals surface area contributed by atoms with Crippen LogP contribution in [0.25, 0.3) is 0 Å². The highest BCUT2D eigenvalue weighted by molar-refractivity contribution is 5.32. The average Bonchev–Trinajstić information content (AvgIpc) is 2.87. The Labute approximate surface area is 119 Å². The van der Waals surface area contributed by atoms with Gasteiger partial charge in [-0.05, 0) is 19.4 Å². The maximum Gasteiger partial charge on any atom is 0.244 e. The van der Waals surface area contributed by atoms with Gasteiger partial charge in [0.25, 0.3) is 0 Å². The molecule has 0 amide bonds. The second-order valence-electron chi connectivity index (χ2n) is 5.55. The van der Waals surface area contributed by atoms with Gasteiger partial charge in [0.05, 0.1) is 0 Å². The Balaban J connectivity index is 1.70. The zero-order valence-electron chi connectivity index (χ0n) is 12.1. The van der Waals surface area contributed by atoms with Crippen molar-refractivity contribution >= 4 is 5.95 Å². The topological polar surface area (TPSA) is 56.8 Å². The molecular weight excluding hydrogens is 250 g/mol. The fourth-order valence-corrected chi connectivity index (χ4v) is 2.64. The van der Waals surface area contributed by atoms with Crippen molar-refractivity contribution in [2.75, 3.05) is 24.5 Å². The number of H-pyrrole nitrogens is 1. The lowest BCUT2D eigenvalue weighted by Crippen LogP contribution is -2.49. The zero-order valence-corrected chi connectivity index (χ0v) is 12.1. The molecular formula is C15H21N5. The van der Waals surface area contributed by atoms with Gasteiger partial charge >= 0.3 is 0 Å². The smallest absolute Gasteiger partial charge is 0.244 e. The van der Waals surface area contributed by atoms with E-state index in [0.29, 0.717) is 6.04 Å². The lowest BCUT2D eigenvalue weighted by molar-refractivity contribution is 0.480. The molecule has 5 nitrogen and oxygen atoms in total. The molecule has 0 radical (unpaired) electrons. The van der Waals surface area contributed by atoms with Crippen LogP contribution >= 0.6 is 0 Å². The van der Waals surface area contributed by atoms with Crippen molar-refractivity contribution < 1.29 is 0 Å². The maximum absolute atomic E-state index is 4.62. The first-order valence-corrected chi connectivity index (χ1v) is 7.16. The van der Waals surface area contributed by atoms with Crippen LogP contribution < -0.4 is 10.2 Å². The highest BCUT2D eigenvalue weighted by atomic mass is 15.4. The van der Waals surface area contributed by atoms with Gasteiger partial charge in [-0.25, -0.2) is 0 Å². The summed E-state index contributed by atoms with van der Waals surface area (Å²) in [5, 5.41) is 10.8. The molecule has 1 atom stereocenters. The molecule has 2 N–H and O–H groups in total. The van der Waals surface area contributed by atoms with E-state index >= 15 is 0 Å². The fraction of sp³-hybridized carbons (Fsp3) is 0.467. The molecule has 20 heavy (non-hydrogen) atoms. The third-order valence-corrected chi connectivity index (χ3v) is 3.63. The summed E-state index contributed by atoms with van der Waals surface area (Å²) in [5.74, 6) is 1.75. The van der Waals surface area contributed by atoms with Gasteiger partial charge in [0.2, 0.25) is 5.95 Å². The van der Waals surface area contributed by atoms with Crippen LogP contribution in [0.15, 0.2) is 24.3 Å². The summed E-state index contributed by atoms with van der Waals surface area (Å²) in [7, 11) is 0. The number of benzene rings is 1. The van der Waals surface area contributed by atoms with Crippen LogP contribution in [-0.2, 0) is 6.42 Å². The number of aromatic amines is 1. The SMILES string of the molecule is Cc1cccc(Cc2nc(N3CCN[C@H](C)C3)n[nH]2)c1. The predicted octanol–water partition coefficient (Wildman–Crippen LogP) is 1.50.